The molecule has 14 heavy (non-hydrogen) atoms. The first-order chi connectivity index (χ1) is 6.77. The van der Waals surface area contributed by atoms with E-state index < -0.39 is 0 Å². The number of aryl methyl sites for hydroxylation is 1. The summed E-state index contributed by atoms with van der Waals surface area (Å²) in [6.07, 6.45) is 5.01. The zero-order chi connectivity index (χ0) is 9.97. The van der Waals surface area contributed by atoms with Crippen LogP contribution < -0.4 is 0 Å². The minimum Gasteiger partial charge on any atom is -0.508 e. The fourth-order valence-corrected chi connectivity index (χ4v) is 1.41. The van der Waals surface area contributed by atoms with E-state index >= 15 is 0 Å². The quantitative estimate of drug-likeness (QED) is 0.742. The number of hydrogen-bond acceptors (Lipinski definition) is 3. The minimum atomic E-state index is 0.281. The van der Waals surface area contributed by atoms with Gasteiger partial charge in [-0.3, -0.25) is 0 Å². The maximum atomic E-state index is 9.25. The molecular formula is C11H10N2O. The standard InChI is InChI=1S/C11H10N2O/c1-8-4-10(14)2-3-11(8)9-5-12-7-13-6-9/h2-7,14H,1H3. The summed E-state index contributed by atoms with van der Waals surface area (Å²) in [7, 11) is 0. The highest BCUT2D eigenvalue weighted by atomic mass is 16.3. The van der Waals surface area contributed by atoms with E-state index in [-0.39, 0.29) is 5.75 Å². The molecule has 0 radical (unpaired) electrons. The van der Waals surface area contributed by atoms with E-state index in [0.717, 1.165) is 16.7 Å². The maximum absolute atomic E-state index is 9.25. The molecule has 0 aliphatic heterocycles. The first-order valence-electron chi connectivity index (χ1n) is 4.32. The predicted molar refractivity (Wildman–Crippen MR) is 53.9 cm³/mol. The number of phenolic OH excluding ortho intramolecular Hbond substituents is 1. The number of aromatic hydroxyl groups is 1. The third-order valence-corrected chi connectivity index (χ3v) is 2.08. The molecule has 70 valence electrons. The van der Waals surface area contributed by atoms with E-state index in [1.165, 1.54) is 6.33 Å². The zero-order valence-electron chi connectivity index (χ0n) is 7.81. The fourth-order valence-electron chi connectivity index (χ4n) is 1.41. The molecule has 0 saturated heterocycles. The van der Waals surface area contributed by atoms with Crippen molar-refractivity contribution in [2.75, 3.05) is 0 Å². The van der Waals surface area contributed by atoms with Crippen molar-refractivity contribution in [1.82, 2.24) is 9.97 Å². The zero-order valence-corrected chi connectivity index (χ0v) is 7.81. The van der Waals surface area contributed by atoms with Crippen molar-refractivity contribution in [3.05, 3.63) is 42.5 Å². The SMILES string of the molecule is Cc1cc(O)ccc1-c1cncnc1. The summed E-state index contributed by atoms with van der Waals surface area (Å²) in [5.41, 5.74) is 3.02. The minimum absolute atomic E-state index is 0.281. The molecular weight excluding hydrogens is 176 g/mol. The molecule has 3 nitrogen and oxygen atoms in total. The lowest BCUT2D eigenvalue weighted by atomic mass is 10.0. The van der Waals surface area contributed by atoms with Gasteiger partial charge in [-0.25, -0.2) is 9.97 Å². The molecule has 0 saturated carbocycles. The van der Waals surface area contributed by atoms with E-state index in [2.05, 4.69) is 9.97 Å². The number of nitrogens with zero attached hydrogens (tertiary/aromatic N) is 2. The summed E-state index contributed by atoms with van der Waals surface area (Å²) < 4.78 is 0. The topological polar surface area (TPSA) is 46.0 Å². The molecule has 1 heterocycles. The number of hydrogen-bond donors (Lipinski definition) is 1. The summed E-state index contributed by atoms with van der Waals surface area (Å²) in [5.74, 6) is 0.281. The van der Waals surface area contributed by atoms with Crippen LogP contribution in [0, 0.1) is 6.92 Å². The van der Waals surface area contributed by atoms with Crippen LogP contribution in [-0.2, 0) is 0 Å². The van der Waals surface area contributed by atoms with Gasteiger partial charge < -0.3 is 5.11 Å². The van der Waals surface area contributed by atoms with Crippen LogP contribution in [0.4, 0.5) is 0 Å². The second-order valence-electron chi connectivity index (χ2n) is 3.13. The third kappa shape index (κ3) is 1.57. The Morgan fingerprint density at radius 3 is 2.50 bits per heavy atom. The van der Waals surface area contributed by atoms with Crippen LogP contribution in [0.3, 0.4) is 0 Å². The Morgan fingerprint density at radius 2 is 1.86 bits per heavy atom. The van der Waals surface area contributed by atoms with Gasteiger partial charge >= 0.3 is 0 Å². The van der Waals surface area contributed by atoms with Gasteiger partial charge in [-0.15, -0.1) is 0 Å². The first-order valence-corrected chi connectivity index (χ1v) is 4.32. The van der Waals surface area contributed by atoms with Crippen LogP contribution in [0.5, 0.6) is 5.75 Å². The van der Waals surface area contributed by atoms with Crippen molar-refractivity contribution >= 4 is 0 Å². The summed E-state index contributed by atoms with van der Waals surface area (Å²) in [5, 5.41) is 9.25. The molecule has 1 aromatic carbocycles. The normalized spacial score (nSPS) is 10.1. The Kier molecular flexibility index (Phi) is 2.14. The molecule has 0 aliphatic carbocycles. The number of benzene rings is 1. The van der Waals surface area contributed by atoms with E-state index in [4.69, 9.17) is 0 Å². The van der Waals surface area contributed by atoms with Crippen LogP contribution >= 0.6 is 0 Å². The number of phenols is 1. The van der Waals surface area contributed by atoms with Gasteiger partial charge in [-0.2, -0.15) is 0 Å². The molecule has 0 bridgehead atoms. The Balaban J connectivity index is 2.53. The molecule has 0 atom stereocenters. The molecule has 3 heteroatoms. The van der Waals surface area contributed by atoms with Gasteiger partial charge in [-0.1, -0.05) is 6.07 Å². The van der Waals surface area contributed by atoms with E-state index in [1.54, 1.807) is 24.5 Å². The third-order valence-electron chi connectivity index (χ3n) is 2.08. The highest BCUT2D eigenvalue weighted by molar-refractivity contribution is 5.66. The molecule has 0 aliphatic rings. The Hall–Kier alpha value is -1.90. The number of aromatic nitrogens is 2. The van der Waals surface area contributed by atoms with Gasteiger partial charge in [0.05, 0.1) is 0 Å². The van der Waals surface area contributed by atoms with Gasteiger partial charge in [0, 0.05) is 18.0 Å². The molecule has 0 amide bonds. The van der Waals surface area contributed by atoms with Crippen molar-refractivity contribution in [3.63, 3.8) is 0 Å². The molecule has 1 aromatic heterocycles. The molecule has 0 unspecified atom stereocenters. The summed E-state index contributed by atoms with van der Waals surface area (Å²) in [4.78, 5) is 7.90. The van der Waals surface area contributed by atoms with Crippen LogP contribution in [0.1, 0.15) is 5.56 Å². The highest BCUT2D eigenvalue weighted by Gasteiger charge is 2.02. The lowest BCUT2D eigenvalue weighted by molar-refractivity contribution is 0.475. The molecule has 2 rings (SSSR count). The highest BCUT2D eigenvalue weighted by Crippen LogP contribution is 2.24. The molecule has 0 spiro atoms. The lowest BCUT2D eigenvalue weighted by Crippen LogP contribution is -1.85. The fraction of sp³-hybridized carbons (Fsp3) is 0.0909. The lowest BCUT2D eigenvalue weighted by Gasteiger charge is -2.04. The van der Waals surface area contributed by atoms with Crippen LogP contribution in [0.15, 0.2) is 36.9 Å². The second kappa shape index (κ2) is 3.46. The summed E-state index contributed by atoms with van der Waals surface area (Å²) in [6, 6.07) is 5.25. The van der Waals surface area contributed by atoms with Crippen LogP contribution in [-0.4, -0.2) is 15.1 Å². The van der Waals surface area contributed by atoms with Crippen molar-refractivity contribution in [2.24, 2.45) is 0 Å². The Morgan fingerprint density at radius 1 is 1.14 bits per heavy atom. The average Bonchev–Trinajstić information content (AvgIpc) is 2.19. The van der Waals surface area contributed by atoms with Gasteiger partial charge in [0.25, 0.3) is 0 Å². The van der Waals surface area contributed by atoms with E-state index in [0.29, 0.717) is 0 Å². The van der Waals surface area contributed by atoms with E-state index in [1.807, 2.05) is 13.0 Å². The van der Waals surface area contributed by atoms with Crippen molar-refractivity contribution in [2.45, 2.75) is 6.92 Å². The second-order valence-corrected chi connectivity index (χ2v) is 3.13. The molecule has 0 fully saturated rings. The van der Waals surface area contributed by atoms with Gasteiger partial charge in [0.15, 0.2) is 0 Å². The molecule has 2 aromatic rings. The first kappa shape index (κ1) is 8.69. The van der Waals surface area contributed by atoms with Crippen molar-refractivity contribution < 1.29 is 5.11 Å². The Labute approximate surface area is 82.1 Å². The van der Waals surface area contributed by atoms with Crippen molar-refractivity contribution in [1.29, 1.82) is 0 Å². The van der Waals surface area contributed by atoms with E-state index in [9.17, 15) is 5.11 Å². The van der Waals surface area contributed by atoms with Crippen LogP contribution in [0.25, 0.3) is 11.1 Å². The van der Waals surface area contributed by atoms with Gasteiger partial charge in [-0.05, 0) is 30.2 Å². The summed E-state index contributed by atoms with van der Waals surface area (Å²) in [6.45, 7) is 1.95. The van der Waals surface area contributed by atoms with Crippen molar-refractivity contribution in [3.8, 4) is 16.9 Å². The van der Waals surface area contributed by atoms with Gasteiger partial charge in [0.1, 0.15) is 12.1 Å². The summed E-state index contributed by atoms with van der Waals surface area (Å²) >= 11 is 0. The maximum Gasteiger partial charge on any atom is 0.115 e. The average molecular weight is 186 g/mol. The largest absolute Gasteiger partial charge is 0.508 e. The predicted octanol–water partition coefficient (Wildman–Crippen LogP) is 2.16. The monoisotopic (exact) mass is 186 g/mol. The molecule has 1 N–H and O–H groups in total. The van der Waals surface area contributed by atoms with Crippen LogP contribution in [0.2, 0.25) is 0 Å². The Bertz CT molecular complexity index is 440. The number of rotatable bonds is 1. The smallest absolute Gasteiger partial charge is 0.115 e. The van der Waals surface area contributed by atoms with Gasteiger partial charge in [0.2, 0.25) is 0 Å².